The quantitative estimate of drug-likeness (QED) is 0.719. The molecule has 0 bridgehead atoms. The molecule has 0 atom stereocenters. The minimum Gasteiger partial charge on any atom is -0.397 e. The Labute approximate surface area is 106 Å². The van der Waals surface area contributed by atoms with Crippen LogP contribution in [0.15, 0.2) is 35.3 Å². The molecule has 0 saturated carbocycles. The van der Waals surface area contributed by atoms with Crippen LogP contribution in [0, 0.1) is 11.6 Å². The zero-order valence-corrected chi connectivity index (χ0v) is 9.54. The maximum atomic E-state index is 13.5. The summed E-state index contributed by atoms with van der Waals surface area (Å²) in [7, 11) is 0. The molecule has 1 aromatic carbocycles. The Bertz CT molecular complexity index is 698. The van der Waals surface area contributed by atoms with Crippen LogP contribution in [0.25, 0.3) is 0 Å². The summed E-state index contributed by atoms with van der Waals surface area (Å²) in [5.74, 6) is -3.14. The number of aromatic nitrogens is 1. The van der Waals surface area contributed by atoms with Gasteiger partial charge in [-0.2, -0.15) is 0 Å². The Morgan fingerprint density at radius 1 is 1.26 bits per heavy atom. The Balaban J connectivity index is 2.34. The molecule has 2 aromatic rings. The second-order valence-corrected chi connectivity index (χ2v) is 3.72. The molecule has 0 fully saturated rings. The largest absolute Gasteiger partial charge is 0.397 e. The predicted molar refractivity (Wildman–Crippen MR) is 65.8 cm³/mol. The van der Waals surface area contributed by atoms with Gasteiger partial charge < -0.3 is 16.0 Å². The van der Waals surface area contributed by atoms with Crippen molar-refractivity contribution in [2.24, 2.45) is 0 Å². The summed E-state index contributed by atoms with van der Waals surface area (Å²) in [4.78, 5) is 25.1. The molecule has 4 N–H and O–H groups in total. The number of nitrogens with two attached hydrogens (primary N) is 1. The maximum Gasteiger partial charge on any atom is 0.256 e. The highest BCUT2D eigenvalue weighted by Gasteiger charge is 2.15. The number of nitrogen functional groups attached to an aromatic ring is 1. The third-order valence-electron chi connectivity index (χ3n) is 2.40. The van der Waals surface area contributed by atoms with Gasteiger partial charge in [0.15, 0.2) is 11.6 Å². The zero-order chi connectivity index (χ0) is 14.0. The molecule has 0 saturated heterocycles. The van der Waals surface area contributed by atoms with Gasteiger partial charge in [0.2, 0.25) is 5.56 Å². The molecule has 0 aliphatic rings. The van der Waals surface area contributed by atoms with Crippen molar-refractivity contribution in [1.82, 2.24) is 4.98 Å². The fourth-order valence-corrected chi connectivity index (χ4v) is 1.46. The van der Waals surface area contributed by atoms with Gasteiger partial charge in [-0.05, 0) is 18.2 Å². The summed E-state index contributed by atoms with van der Waals surface area (Å²) in [6.07, 6.45) is 1.27. The number of halogens is 2. The topological polar surface area (TPSA) is 88.0 Å². The van der Waals surface area contributed by atoms with Gasteiger partial charge in [-0.1, -0.05) is 0 Å². The first kappa shape index (κ1) is 12.7. The molecular formula is C12H9F2N3O2. The number of pyridine rings is 1. The van der Waals surface area contributed by atoms with Crippen LogP contribution in [0.4, 0.5) is 20.2 Å². The lowest BCUT2D eigenvalue weighted by atomic mass is 10.2. The van der Waals surface area contributed by atoms with E-state index in [1.807, 2.05) is 0 Å². The Kier molecular flexibility index (Phi) is 3.28. The summed E-state index contributed by atoms with van der Waals surface area (Å²) in [6, 6.07) is 4.34. The molecule has 1 aromatic heterocycles. The summed E-state index contributed by atoms with van der Waals surface area (Å²) in [5, 5.41) is 2.13. The second-order valence-electron chi connectivity index (χ2n) is 3.72. The summed E-state index contributed by atoms with van der Waals surface area (Å²) >= 11 is 0. The van der Waals surface area contributed by atoms with Crippen molar-refractivity contribution in [3.05, 3.63) is 58.0 Å². The van der Waals surface area contributed by atoms with E-state index in [2.05, 4.69) is 10.3 Å². The lowest BCUT2D eigenvalue weighted by Gasteiger charge is -2.09. The number of hydrogen-bond acceptors (Lipinski definition) is 3. The first-order valence-electron chi connectivity index (χ1n) is 5.22. The average Bonchev–Trinajstić information content (AvgIpc) is 2.39. The number of H-pyrrole nitrogens is 1. The molecular weight excluding hydrogens is 256 g/mol. The number of carbonyl (C=O) groups excluding carboxylic acids is 1. The Morgan fingerprint density at radius 3 is 2.68 bits per heavy atom. The van der Waals surface area contributed by atoms with E-state index in [0.717, 1.165) is 18.2 Å². The summed E-state index contributed by atoms with van der Waals surface area (Å²) in [5.41, 5.74) is 4.41. The van der Waals surface area contributed by atoms with Gasteiger partial charge in [0.25, 0.3) is 5.91 Å². The molecule has 98 valence electrons. The highest BCUT2D eigenvalue weighted by atomic mass is 19.2. The number of hydrogen-bond donors (Lipinski definition) is 3. The van der Waals surface area contributed by atoms with Crippen LogP contribution in [-0.4, -0.2) is 10.9 Å². The summed E-state index contributed by atoms with van der Waals surface area (Å²) < 4.78 is 26.5. The number of rotatable bonds is 2. The summed E-state index contributed by atoms with van der Waals surface area (Å²) in [6.45, 7) is 0. The molecule has 0 aliphatic carbocycles. The molecule has 19 heavy (non-hydrogen) atoms. The van der Waals surface area contributed by atoms with Crippen LogP contribution in [0.3, 0.4) is 0 Å². The lowest BCUT2D eigenvalue weighted by Crippen LogP contribution is -2.17. The molecule has 7 heteroatoms. The average molecular weight is 265 g/mol. The minimum atomic E-state index is -1.25. The van der Waals surface area contributed by atoms with Gasteiger partial charge in [-0.15, -0.1) is 0 Å². The molecule has 1 heterocycles. The normalized spacial score (nSPS) is 10.2. The number of nitrogens with one attached hydrogen (secondary N) is 2. The number of anilines is 2. The Hall–Kier alpha value is -2.70. The van der Waals surface area contributed by atoms with Crippen LogP contribution < -0.4 is 16.6 Å². The van der Waals surface area contributed by atoms with E-state index >= 15 is 0 Å². The fourth-order valence-electron chi connectivity index (χ4n) is 1.46. The van der Waals surface area contributed by atoms with E-state index in [1.165, 1.54) is 12.3 Å². The smallest absolute Gasteiger partial charge is 0.256 e. The van der Waals surface area contributed by atoms with Gasteiger partial charge in [0.05, 0.1) is 5.69 Å². The van der Waals surface area contributed by atoms with Crippen LogP contribution in [0.5, 0.6) is 0 Å². The van der Waals surface area contributed by atoms with Crippen molar-refractivity contribution in [3.63, 3.8) is 0 Å². The van der Waals surface area contributed by atoms with Crippen molar-refractivity contribution in [2.45, 2.75) is 0 Å². The second kappa shape index (κ2) is 4.89. The number of carbonyl (C=O) groups is 1. The van der Waals surface area contributed by atoms with E-state index in [0.29, 0.717) is 0 Å². The monoisotopic (exact) mass is 265 g/mol. The number of aromatic amines is 1. The van der Waals surface area contributed by atoms with E-state index < -0.39 is 28.8 Å². The third-order valence-corrected chi connectivity index (χ3v) is 2.40. The maximum absolute atomic E-state index is 13.5. The Morgan fingerprint density at radius 2 is 2.00 bits per heavy atom. The highest BCUT2D eigenvalue weighted by Crippen LogP contribution is 2.24. The van der Waals surface area contributed by atoms with Crippen LogP contribution >= 0.6 is 0 Å². The van der Waals surface area contributed by atoms with Crippen molar-refractivity contribution < 1.29 is 13.6 Å². The zero-order valence-electron chi connectivity index (χ0n) is 9.54. The van der Waals surface area contributed by atoms with Gasteiger partial charge in [-0.25, -0.2) is 8.78 Å². The lowest BCUT2D eigenvalue weighted by molar-refractivity contribution is 0.102. The van der Waals surface area contributed by atoms with E-state index in [-0.39, 0.29) is 11.3 Å². The fraction of sp³-hybridized carbons (Fsp3) is 0. The predicted octanol–water partition coefficient (Wildman–Crippen LogP) is 1.49. The van der Waals surface area contributed by atoms with Gasteiger partial charge in [0, 0.05) is 17.8 Å². The van der Waals surface area contributed by atoms with E-state index in [9.17, 15) is 18.4 Å². The highest BCUT2D eigenvalue weighted by molar-refractivity contribution is 6.05. The van der Waals surface area contributed by atoms with E-state index in [4.69, 9.17) is 5.73 Å². The van der Waals surface area contributed by atoms with Gasteiger partial charge in [-0.3, -0.25) is 9.59 Å². The first-order valence-corrected chi connectivity index (χ1v) is 5.22. The van der Waals surface area contributed by atoms with Crippen LogP contribution in [0.1, 0.15) is 10.4 Å². The molecule has 0 spiro atoms. The SMILES string of the molecule is Nc1ccc(F)c(F)c1NC(=O)c1cc[nH]c(=O)c1. The number of benzene rings is 1. The first-order chi connectivity index (χ1) is 8.99. The van der Waals surface area contributed by atoms with Crippen molar-refractivity contribution in [2.75, 3.05) is 11.1 Å². The van der Waals surface area contributed by atoms with Gasteiger partial charge in [0.1, 0.15) is 5.69 Å². The molecule has 5 nitrogen and oxygen atoms in total. The molecule has 0 aliphatic heterocycles. The van der Waals surface area contributed by atoms with Crippen molar-refractivity contribution in [1.29, 1.82) is 0 Å². The van der Waals surface area contributed by atoms with Crippen molar-refractivity contribution >= 4 is 17.3 Å². The number of amides is 1. The molecule has 1 amide bonds. The molecule has 0 radical (unpaired) electrons. The van der Waals surface area contributed by atoms with E-state index in [1.54, 1.807) is 0 Å². The van der Waals surface area contributed by atoms with Crippen molar-refractivity contribution in [3.8, 4) is 0 Å². The minimum absolute atomic E-state index is 0.00631. The van der Waals surface area contributed by atoms with Crippen LogP contribution in [-0.2, 0) is 0 Å². The van der Waals surface area contributed by atoms with Gasteiger partial charge >= 0.3 is 0 Å². The van der Waals surface area contributed by atoms with Crippen LogP contribution in [0.2, 0.25) is 0 Å². The third kappa shape index (κ3) is 2.59. The standard InChI is InChI=1S/C12H9F2N3O2/c13-7-1-2-8(15)11(10(7)14)17-12(19)6-3-4-16-9(18)5-6/h1-5H,15H2,(H,16,18)(H,17,19). The molecule has 2 rings (SSSR count). The molecule has 0 unspecified atom stereocenters.